The van der Waals surface area contributed by atoms with Crippen LogP contribution in [0.4, 0.5) is 4.79 Å². The minimum atomic E-state index is -0.888. The predicted molar refractivity (Wildman–Crippen MR) is 73.5 cm³/mol. The van der Waals surface area contributed by atoms with E-state index in [9.17, 15) is 13.8 Å². The van der Waals surface area contributed by atoms with E-state index in [0.717, 1.165) is 0 Å². The fraction of sp³-hybridized carbons (Fsp3) is 0.833. The maximum absolute atomic E-state index is 11.9. The monoisotopic (exact) mass is 290 g/mol. The van der Waals surface area contributed by atoms with Gasteiger partial charge in [0, 0.05) is 41.9 Å². The highest BCUT2D eigenvalue weighted by molar-refractivity contribution is 7.84. The molecule has 2 N–H and O–H groups in total. The molecule has 3 unspecified atom stereocenters. The van der Waals surface area contributed by atoms with Gasteiger partial charge in [0.15, 0.2) is 0 Å². The van der Waals surface area contributed by atoms with Crippen molar-refractivity contribution in [3.8, 4) is 0 Å². The number of carbonyl (C=O) groups excluding carboxylic acids is 1. The highest BCUT2D eigenvalue weighted by Gasteiger charge is 2.42. The summed E-state index contributed by atoms with van der Waals surface area (Å²) in [4.78, 5) is 24.5. The Morgan fingerprint density at radius 1 is 1.53 bits per heavy atom. The Kier molecular flexibility index (Phi) is 5.34. The van der Waals surface area contributed by atoms with Gasteiger partial charge in [-0.3, -0.25) is 9.00 Å². The summed E-state index contributed by atoms with van der Waals surface area (Å²) >= 11 is 0. The number of rotatable bonds is 5. The van der Waals surface area contributed by atoms with E-state index < -0.39 is 22.2 Å². The van der Waals surface area contributed by atoms with Crippen LogP contribution < -0.4 is 5.32 Å². The lowest BCUT2D eigenvalue weighted by atomic mass is 9.90. The summed E-state index contributed by atoms with van der Waals surface area (Å²) in [6.45, 7) is 4.69. The molecule has 0 bridgehead atoms. The lowest BCUT2D eigenvalue weighted by molar-refractivity contribution is -0.146. The quantitative estimate of drug-likeness (QED) is 0.778. The Morgan fingerprint density at radius 3 is 2.63 bits per heavy atom. The van der Waals surface area contributed by atoms with E-state index >= 15 is 0 Å². The van der Waals surface area contributed by atoms with Crippen LogP contribution in [0, 0.1) is 5.41 Å². The standard InChI is InChI=1S/C12H22N2O4S/c1-9(19(3)18)4-6-13-11(17)14-7-5-12(2,8-14)10(15)16/h9H,4-8H2,1-3H3,(H,13,17)(H,15,16). The molecule has 0 spiro atoms. The first kappa shape index (κ1) is 15.9. The zero-order valence-electron chi connectivity index (χ0n) is 11.6. The van der Waals surface area contributed by atoms with Gasteiger partial charge in [-0.05, 0) is 19.8 Å². The Morgan fingerprint density at radius 2 is 2.16 bits per heavy atom. The zero-order chi connectivity index (χ0) is 14.6. The molecule has 0 aromatic rings. The van der Waals surface area contributed by atoms with Gasteiger partial charge in [-0.25, -0.2) is 4.79 Å². The number of nitrogens with zero attached hydrogens (tertiary/aromatic N) is 1. The lowest BCUT2D eigenvalue weighted by Crippen LogP contribution is -2.41. The van der Waals surface area contributed by atoms with Crippen molar-refractivity contribution in [3.05, 3.63) is 0 Å². The predicted octanol–water partition coefficient (Wildman–Crippen LogP) is 0.650. The summed E-state index contributed by atoms with van der Waals surface area (Å²) in [5.41, 5.74) is -0.838. The van der Waals surface area contributed by atoms with Gasteiger partial charge in [0.25, 0.3) is 0 Å². The number of carboxylic acids is 1. The van der Waals surface area contributed by atoms with Crippen LogP contribution in [0.5, 0.6) is 0 Å². The van der Waals surface area contributed by atoms with Gasteiger partial charge in [-0.1, -0.05) is 6.92 Å². The smallest absolute Gasteiger partial charge is 0.317 e. The Bertz CT molecular complexity index is 388. The molecule has 2 amide bonds. The van der Waals surface area contributed by atoms with E-state index in [2.05, 4.69) is 5.32 Å². The normalized spacial score (nSPS) is 25.9. The van der Waals surface area contributed by atoms with Crippen LogP contribution >= 0.6 is 0 Å². The third-order valence-corrected chi connectivity index (χ3v) is 5.04. The minimum Gasteiger partial charge on any atom is -0.481 e. The van der Waals surface area contributed by atoms with E-state index in [4.69, 9.17) is 5.11 Å². The van der Waals surface area contributed by atoms with Gasteiger partial charge in [-0.2, -0.15) is 0 Å². The summed E-state index contributed by atoms with van der Waals surface area (Å²) in [6, 6.07) is -0.237. The van der Waals surface area contributed by atoms with E-state index in [1.54, 1.807) is 13.2 Å². The molecular formula is C12H22N2O4S. The molecule has 0 aromatic heterocycles. The van der Waals surface area contributed by atoms with Crippen molar-refractivity contribution in [2.24, 2.45) is 5.41 Å². The van der Waals surface area contributed by atoms with Gasteiger partial charge in [0.1, 0.15) is 0 Å². The van der Waals surface area contributed by atoms with Gasteiger partial charge >= 0.3 is 12.0 Å². The second-order valence-electron chi connectivity index (χ2n) is 5.37. The van der Waals surface area contributed by atoms with Crippen molar-refractivity contribution in [3.63, 3.8) is 0 Å². The van der Waals surface area contributed by atoms with Gasteiger partial charge < -0.3 is 15.3 Å². The number of amides is 2. The van der Waals surface area contributed by atoms with E-state index in [1.165, 1.54) is 4.90 Å². The molecule has 1 fully saturated rings. The van der Waals surface area contributed by atoms with Crippen molar-refractivity contribution >= 4 is 22.8 Å². The maximum Gasteiger partial charge on any atom is 0.317 e. The van der Waals surface area contributed by atoms with Gasteiger partial charge in [0.2, 0.25) is 0 Å². The molecular weight excluding hydrogens is 268 g/mol. The van der Waals surface area contributed by atoms with Crippen molar-refractivity contribution in [1.29, 1.82) is 0 Å². The average Bonchev–Trinajstić information content (AvgIpc) is 2.73. The van der Waals surface area contributed by atoms with Crippen molar-refractivity contribution < 1.29 is 18.9 Å². The molecule has 7 heteroatoms. The van der Waals surface area contributed by atoms with Crippen LogP contribution in [0.25, 0.3) is 0 Å². The van der Waals surface area contributed by atoms with Crippen LogP contribution in [0.15, 0.2) is 0 Å². The van der Waals surface area contributed by atoms with Crippen LogP contribution in [0.1, 0.15) is 26.7 Å². The van der Waals surface area contributed by atoms with Crippen LogP contribution in [0.3, 0.4) is 0 Å². The molecule has 0 radical (unpaired) electrons. The topological polar surface area (TPSA) is 86.7 Å². The molecule has 1 saturated heterocycles. The molecule has 1 heterocycles. The number of likely N-dealkylation sites (tertiary alicyclic amines) is 1. The Balaban J connectivity index is 2.36. The van der Waals surface area contributed by atoms with Crippen LogP contribution in [-0.2, 0) is 15.6 Å². The highest BCUT2D eigenvalue weighted by Crippen LogP contribution is 2.29. The van der Waals surface area contributed by atoms with Crippen molar-refractivity contribution in [1.82, 2.24) is 10.2 Å². The summed E-state index contributed by atoms with van der Waals surface area (Å²) in [5.74, 6) is -0.863. The molecule has 1 aliphatic rings. The lowest BCUT2D eigenvalue weighted by Gasteiger charge is -2.20. The molecule has 1 aliphatic heterocycles. The van der Waals surface area contributed by atoms with Gasteiger partial charge in [-0.15, -0.1) is 0 Å². The first-order valence-electron chi connectivity index (χ1n) is 6.34. The van der Waals surface area contributed by atoms with Crippen LogP contribution in [0.2, 0.25) is 0 Å². The molecule has 19 heavy (non-hydrogen) atoms. The average molecular weight is 290 g/mol. The Hall–Kier alpha value is -1.11. The third kappa shape index (κ3) is 4.19. The molecule has 3 atom stereocenters. The molecule has 6 nitrogen and oxygen atoms in total. The van der Waals surface area contributed by atoms with E-state index in [0.29, 0.717) is 25.9 Å². The molecule has 0 saturated carbocycles. The number of carbonyl (C=O) groups is 2. The number of urea groups is 1. The minimum absolute atomic E-state index is 0.0446. The fourth-order valence-corrected chi connectivity index (χ4v) is 2.42. The molecule has 1 rings (SSSR count). The Labute approximate surface area is 116 Å². The SMILES string of the molecule is CC(CCNC(=O)N1CCC(C)(C(=O)O)C1)S(C)=O. The van der Waals surface area contributed by atoms with Crippen LogP contribution in [-0.4, -0.2) is 57.4 Å². The number of nitrogens with one attached hydrogen (secondary N) is 1. The van der Waals surface area contributed by atoms with Gasteiger partial charge in [0.05, 0.1) is 5.41 Å². The third-order valence-electron chi connectivity index (χ3n) is 3.67. The summed E-state index contributed by atoms with van der Waals surface area (Å²) in [6.07, 6.45) is 2.77. The fourth-order valence-electron chi connectivity index (χ4n) is 1.97. The number of aliphatic carboxylic acids is 1. The van der Waals surface area contributed by atoms with E-state index in [-0.39, 0.29) is 17.8 Å². The maximum atomic E-state index is 11.9. The molecule has 110 valence electrons. The first-order chi connectivity index (χ1) is 8.76. The van der Waals surface area contributed by atoms with Crippen molar-refractivity contribution in [2.45, 2.75) is 31.9 Å². The first-order valence-corrected chi connectivity index (χ1v) is 7.97. The second-order valence-corrected chi connectivity index (χ2v) is 7.17. The largest absolute Gasteiger partial charge is 0.481 e. The molecule has 0 aromatic carbocycles. The number of hydrogen-bond acceptors (Lipinski definition) is 3. The summed E-state index contributed by atoms with van der Waals surface area (Å²) in [5, 5.41) is 11.9. The number of carboxylic acid groups (broad SMARTS) is 1. The number of hydrogen-bond donors (Lipinski definition) is 2. The molecule has 0 aliphatic carbocycles. The van der Waals surface area contributed by atoms with E-state index in [1.807, 2.05) is 6.92 Å². The second kappa shape index (κ2) is 6.36. The van der Waals surface area contributed by atoms with Crippen molar-refractivity contribution in [2.75, 3.05) is 25.9 Å². The summed E-state index contributed by atoms with van der Waals surface area (Å²) < 4.78 is 11.2. The summed E-state index contributed by atoms with van der Waals surface area (Å²) in [7, 11) is -0.888. The zero-order valence-corrected chi connectivity index (χ0v) is 12.5. The highest BCUT2D eigenvalue weighted by atomic mass is 32.2.